The summed E-state index contributed by atoms with van der Waals surface area (Å²) in [5.74, 6) is 1.49. The number of aromatic nitrogens is 6. The van der Waals surface area contributed by atoms with E-state index in [9.17, 15) is 0 Å². The van der Waals surface area contributed by atoms with Crippen molar-refractivity contribution in [3.8, 4) is 67.8 Å². The van der Waals surface area contributed by atoms with Gasteiger partial charge in [0, 0.05) is 68.4 Å². The lowest BCUT2D eigenvalue weighted by molar-refractivity contribution is 0.754. The first kappa shape index (κ1) is 36.2. The molecule has 0 radical (unpaired) electrons. The zero-order chi connectivity index (χ0) is 42.1. The van der Waals surface area contributed by atoms with E-state index in [0.29, 0.717) is 11.6 Å². The Hall–Kier alpha value is -8.48. The van der Waals surface area contributed by atoms with Gasteiger partial charge in [-0.1, -0.05) is 133 Å². The first-order valence-corrected chi connectivity index (χ1v) is 21.7. The molecule has 0 fully saturated rings. The normalized spacial score (nSPS) is 14.6. The second-order valence-electron chi connectivity index (χ2n) is 16.7. The molecule has 11 aromatic rings. The highest BCUT2D eigenvalue weighted by Crippen LogP contribution is 2.56. The van der Waals surface area contributed by atoms with Crippen molar-refractivity contribution in [2.24, 2.45) is 0 Å². The standard InChI is InChI=1S/C58H36N6/c1-3-11-35(12-4-1)51-33-53(39-21-25-49-37(29-39)15-9-27-59-49)63-57(61-51)41-19-23-45-47(31-41)55-43-17-7-8-18-44(43)56(45)48-32-42(20-24-46(48)55)58-62-52(36-13-5-2-6-14-36)34-54(64-58)40-22-26-50-38(30-40)16-10-28-60-50/h1-34,55-56H. The van der Waals surface area contributed by atoms with E-state index in [2.05, 4.69) is 180 Å². The van der Waals surface area contributed by atoms with Crippen LogP contribution in [0, 0.1) is 0 Å². The van der Waals surface area contributed by atoms with Crippen molar-refractivity contribution in [1.82, 2.24) is 29.9 Å². The molecule has 298 valence electrons. The molecule has 3 aliphatic carbocycles. The quantitative estimate of drug-likeness (QED) is 0.166. The fraction of sp³-hybridized carbons (Fsp3) is 0.0345. The average molecular weight is 817 g/mol. The third-order valence-electron chi connectivity index (χ3n) is 12.9. The van der Waals surface area contributed by atoms with Crippen LogP contribution in [0.25, 0.3) is 89.6 Å². The topological polar surface area (TPSA) is 77.3 Å². The number of fused-ring (bicyclic) bond motifs is 2. The van der Waals surface area contributed by atoms with Crippen molar-refractivity contribution >= 4 is 21.8 Å². The Balaban J connectivity index is 0.938. The smallest absolute Gasteiger partial charge is 0.160 e. The number of nitrogens with zero attached hydrogens (tertiary/aromatic N) is 6. The van der Waals surface area contributed by atoms with Gasteiger partial charge in [-0.05, 0) is 94.0 Å². The summed E-state index contributed by atoms with van der Waals surface area (Å²) >= 11 is 0. The Morgan fingerprint density at radius 3 is 1.11 bits per heavy atom. The summed E-state index contributed by atoms with van der Waals surface area (Å²) < 4.78 is 0. The van der Waals surface area contributed by atoms with Crippen LogP contribution in [-0.2, 0) is 0 Å². The maximum atomic E-state index is 5.28. The van der Waals surface area contributed by atoms with Gasteiger partial charge in [0.15, 0.2) is 11.6 Å². The summed E-state index contributed by atoms with van der Waals surface area (Å²) in [6.45, 7) is 0. The van der Waals surface area contributed by atoms with Gasteiger partial charge in [-0.3, -0.25) is 9.97 Å². The molecule has 7 aromatic carbocycles. The van der Waals surface area contributed by atoms with Gasteiger partial charge < -0.3 is 0 Å². The number of hydrogen-bond acceptors (Lipinski definition) is 6. The Labute approximate surface area is 369 Å². The molecule has 6 heteroatoms. The van der Waals surface area contributed by atoms with Crippen LogP contribution in [-0.4, -0.2) is 29.9 Å². The molecule has 0 saturated heterocycles. The molecule has 2 unspecified atom stereocenters. The zero-order valence-electron chi connectivity index (χ0n) is 34.5. The van der Waals surface area contributed by atoms with Crippen LogP contribution in [0.15, 0.2) is 207 Å². The Kier molecular flexibility index (Phi) is 8.24. The van der Waals surface area contributed by atoms with Crippen molar-refractivity contribution < 1.29 is 0 Å². The number of benzene rings is 7. The second-order valence-corrected chi connectivity index (χ2v) is 16.7. The van der Waals surface area contributed by atoms with Gasteiger partial charge in [0.05, 0.1) is 33.8 Å². The van der Waals surface area contributed by atoms with Crippen LogP contribution in [0.2, 0.25) is 0 Å². The first-order valence-electron chi connectivity index (χ1n) is 21.7. The monoisotopic (exact) mass is 816 g/mol. The highest BCUT2D eigenvalue weighted by atomic mass is 14.9. The molecule has 0 spiro atoms. The SMILES string of the molecule is c1ccc(-c2cc(-c3ccc4ncccc4c3)nc(-c3ccc4c(c3)C3c5ccccc5C4c4cc(-c5nc(-c6ccccc6)cc(-c6ccc7ncccc7c6)n5)ccc43)n2)cc1. The summed E-state index contributed by atoms with van der Waals surface area (Å²) in [4.78, 5) is 30.1. The third-order valence-corrected chi connectivity index (χ3v) is 12.9. The van der Waals surface area contributed by atoms with Crippen molar-refractivity contribution in [3.63, 3.8) is 0 Å². The van der Waals surface area contributed by atoms with E-state index in [0.717, 1.165) is 78.0 Å². The van der Waals surface area contributed by atoms with E-state index < -0.39 is 0 Å². The molecular formula is C58H36N6. The lowest BCUT2D eigenvalue weighted by atomic mass is 9.61. The molecule has 0 aliphatic heterocycles. The molecule has 14 rings (SSSR count). The van der Waals surface area contributed by atoms with Gasteiger partial charge in [-0.25, -0.2) is 19.9 Å². The minimum Gasteiger partial charge on any atom is -0.256 e. The number of pyridine rings is 2. The summed E-state index contributed by atoms with van der Waals surface area (Å²) in [5, 5.41) is 2.15. The van der Waals surface area contributed by atoms with Gasteiger partial charge in [-0.15, -0.1) is 0 Å². The molecule has 3 aliphatic rings. The molecule has 0 saturated carbocycles. The van der Waals surface area contributed by atoms with Gasteiger partial charge in [0.25, 0.3) is 0 Å². The largest absolute Gasteiger partial charge is 0.256 e. The summed E-state index contributed by atoms with van der Waals surface area (Å²) in [7, 11) is 0. The molecule has 6 nitrogen and oxygen atoms in total. The lowest BCUT2D eigenvalue weighted by Crippen LogP contribution is -2.27. The van der Waals surface area contributed by atoms with E-state index in [1.807, 2.05) is 36.7 Å². The van der Waals surface area contributed by atoms with Crippen molar-refractivity contribution in [1.29, 1.82) is 0 Å². The number of rotatable bonds is 6. The molecule has 2 atom stereocenters. The van der Waals surface area contributed by atoms with Crippen LogP contribution in [0.4, 0.5) is 0 Å². The van der Waals surface area contributed by atoms with E-state index in [4.69, 9.17) is 19.9 Å². The predicted molar refractivity (Wildman–Crippen MR) is 256 cm³/mol. The average Bonchev–Trinajstić information content (AvgIpc) is 3.38. The van der Waals surface area contributed by atoms with Crippen molar-refractivity contribution in [3.05, 3.63) is 240 Å². The van der Waals surface area contributed by atoms with Crippen LogP contribution < -0.4 is 0 Å². The van der Waals surface area contributed by atoms with Crippen LogP contribution in [0.1, 0.15) is 45.2 Å². The van der Waals surface area contributed by atoms with Crippen molar-refractivity contribution in [2.75, 3.05) is 0 Å². The Morgan fingerprint density at radius 1 is 0.266 bits per heavy atom. The van der Waals surface area contributed by atoms with Crippen LogP contribution in [0.5, 0.6) is 0 Å². The van der Waals surface area contributed by atoms with E-state index in [-0.39, 0.29) is 11.8 Å². The summed E-state index contributed by atoms with van der Waals surface area (Å²) in [6.07, 6.45) is 3.66. The van der Waals surface area contributed by atoms with Gasteiger partial charge in [0.1, 0.15) is 0 Å². The highest BCUT2D eigenvalue weighted by Gasteiger charge is 2.41. The molecule has 0 N–H and O–H groups in total. The molecular weight excluding hydrogens is 781 g/mol. The van der Waals surface area contributed by atoms with Crippen molar-refractivity contribution in [2.45, 2.75) is 11.8 Å². The van der Waals surface area contributed by atoms with E-state index >= 15 is 0 Å². The van der Waals surface area contributed by atoms with Gasteiger partial charge >= 0.3 is 0 Å². The fourth-order valence-electron chi connectivity index (χ4n) is 9.93. The maximum absolute atomic E-state index is 5.28. The van der Waals surface area contributed by atoms with Crippen LogP contribution >= 0.6 is 0 Å². The van der Waals surface area contributed by atoms with E-state index in [1.54, 1.807) is 0 Å². The highest BCUT2D eigenvalue weighted by molar-refractivity contribution is 5.86. The molecule has 64 heavy (non-hydrogen) atoms. The Bertz CT molecular complexity index is 3400. The van der Waals surface area contributed by atoms with Crippen LogP contribution in [0.3, 0.4) is 0 Å². The fourth-order valence-corrected chi connectivity index (χ4v) is 9.93. The molecule has 0 amide bonds. The molecule has 4 heterocycles. The van der Waals surface area contributed by atoms with Gasteiger partial charge in [-0.2, -0.15) is 0 Å². The maximum Gasteiger partial charge on any atom is 0.160 e. The van der Waals surface area contributed by atoms with E-state index in [1.165, 1.54) is 33.4 Å². The first-order chi connectivity index (χ1) is 31.7. The zero-order valence-corrected chi connectivity index (χ0v) is 34.5. The Morgan fingerprint density at radius 2 is 0.656 bits per heavy atom. The second kappa shape index (κ2) is 14.6. The predicted octanol–water partition coefficient (Wildman–Crippen LogP) is 13.4. The number of hydrogen-bond donors (Lipinski definition) is 0. The minimum absolute atomic E-state index is 0.0447. The molecule has 4 aromatic heterocycles. The third kappa shape index (κ3) is 6.03. The summed E-state index contributed by atoms with van der Waals surface area (Å²) in [5.41, 5.74) is 19.4. The molecule has 2 bridgehead atoms. The lowest BCUT2D eigenvalue weighted by Gasteiger charge is -2.42. The van der Waals surface area contributed by atoms with Gasteiger partial charge in [0.2, 0.25) is 0 Å². The minimum atomic E-state index is 0.0447. The summed E-state index contributed by atoms with van der Waals surface area (Å²) in [6, 6.07) is 68.5.